The number of aliphatic imine (C=N–C) groups is 1. The van der Waals surface area contributed by atoms with Crippen LogP contribution >= 0.6 is 34.9 Å². The monoisotopic (exact) mass is 496 g/mol. The molecule has 32 heavy (non-hydrogen) atoms. The summed E-state index contributed by atoms with van der Waals surface area (Å²) in [5, 5.41) is 20.3. The first kappa shape index (κ1) is 26.1. The van der Waals surface area contributed by atoms with Crippen molar-refractivity contribution in [2.24, 2.45) is 10.7 Å². The second-order valence-corrected chi connectivity index (χ2v) is 9.65. The van der Waals surface area contributed by atoms with Crippen molar-refractivity contribution in [2.45, 2.75) is 17.9 Å². The van der Waals surface area contributed by atoms with Gasteiger partial charge < -0.3 is 26.4 Å². The zero-order chi connectivity index (χ0) is 22.9. The molecule has 176 valence electrons. The van der Waals surface area contributed by atoms with Crippen molar-refractivity contribution in [1.29, 1.82) is 5.41 Å². The Labute approximate surface area is 202 Å². The molecule has 2 rings (SSSR count). The number of pyridine rings is 1. The highest BCUT2D eigenvalue weighted by molar-refractivity contribution is 7.98. The Bertz CT molecular complexity index is 804. The zero-order valence-electron chi connectivity index (χ0n) is 18.3. The van der Waals surface area contributed by atoms with E-state index in [0.29, 0.717) is 38.1 Å². The molecule has 2 aromatic rings. The standard InChI is InChI=1S/C20H32N8OS3/c1-29-17-4-2-5-23-16(17)14-30-11-8-27-19(21)25-6-3-7-26-20(22)28-9-12-31-15-18-24-10-13-32-18/h2,4-5,10,13H,3,6-9,11-12,14-15H2,1H3,(H3,21,25,27)(H3,22,26,28). The van der Waals surface area contributed by atoms with Gasteiger partial charge in [-0.25, -0.2) is 4.98 Å². The first-order valence-corrected chi connectivity index (χ1v) is 13.5. The van der Waals surface area contributed by atoms with Gasteiger partial charge in [-0.3, -0.25) is 15.4 Å². The van der Waals surface area contributed by atoms with E-state index in [1.54, 1.807) is 48.2 Å². The molecule has 0 unspecified atom stereocenters. The largest absolute Gasteiger partial charge is 0.495 e. The van der Waals surface area contributed by atoms with Gasteiger partial charge in [0.1, 0.15) is 10.8 Å². The Kier molecular flexibility index (Phi) is 13.4. The molecule has 0 saturated heterocycles. The van der Waals surface area contributed by atoms with E-state index in [0.717, 1.165) is 45.9 Å². The first-order chi connectivity index (χ1) is 15.7. The van der Waals surface area contributed by atoms with Gasteiger partial charge in [-0.2, -0.15) is 23.5 Å². The number of rotatable bonds is 15. The minimum absolute atomic E-state index is 0.333. The number of hydrogen-bond donors (Lipinski definition) is 5. The predicted octanol–water partition coefficient (Wildman–Crippen LogP) is 2.12. The average molecular weight is 497 g/mol. The van der Waals surface area contributed by atoms with Gasteiger partial charge in [0, 0.05) is 60.4 Å². The number of thiazole rings is 1. The van der Waals surface area contributed by atoms with E-state index in [9.17, 15) is 0 Å². The number of ether oxygens (including phenoxy) is 1. The number of methoxy groups -OCH3 is 1. The van der Waals surface area contributed by atoms with E-state index in [4.69, 9.17) is 15.9 Å². The number of thioether (sulfide) groups is 2. The molecule has 0 saturated carbocycles. The molecule has 12 heteroatoms. The fraction of sp³-hybridized carbons (Fsp3) is 0.500. The lowest BCUT2D eigenvalue weighted by atomic mass is 10.3. The highest BCUT2D eigenvalue weighted by atomic mass is 32.2. The lowest BCUT2D eigenvalue weighted by molar-refractivity contribution is 0.409. The molecule has 0 amide bonds. The number of guanidine groups is 2. The number of aromatic nitrogens is 2. The van der Waals surface area contributed by atoms with Crippen LogP contribution in [0.5, 0.6) is 5.75 Å². The van der Waals surface area contributed by atoms with Crippen molar-refractivity contribution in [3.05, 3.63) is 40.6 Å². The van der Waals surface area contributed by atoms with Crippen LogP contribution in [0.2, 0.25) is 0 Å². The highest BCUT2D eigenvalue weighted by Gasteiger charge is 2.03. The summed E-state index contributed by atoms with van der Waals surface area (Å²) in [7, 11) is 1.66. The number of nitrogens with two attached hydrogens (primary N) is 1. The molecule has 0 atom stereocenters. The third kappa shape index (κ3) is 11.4. The Hall–Kier alpha value is -2.18. The van der Waals surface area contributed by atoms with Crippen LogP contribution in [0.3, 0.4) is 0 Å². The van der Waals surface area contributed by atoms with Crippen LogP contribution < -0.4 is 26.4 Å². The lowest BCUT2D eigenvalue weighted by Crippen LogP contribution is -2.39. The predicted molar refractivity (Wildman–Crippen MR) is 138 cm³/mol. The minimum Gasteiger partial charge on any atom is -0.495 e. The van der Waals surface area contributed by atoms with Gasteiger partial charge in [-0.1, -0.05) is 0 Å². The van der Waals surface area contributed by atoms with E-state index >= 15 is 0 Å². The highest BCUT2D eigenvalue weighted by Crippen LogP contribution is 2.19. The van der Waals surface area contributed by atoms with Crippen LogP contribution in [0.25, 0.3) is 0 Å². The summed E-state index contributed by atoms with van der Waals surface area (Å²) in [6.45, 7) is 2.80. The number of nitrogens with zero attached hydrogens (tertiary/aromatic N) is 3. The lowest BCUT2D eigenvalue weighted by Gasteiger charge is -2.11. The smallest absolute Gasteiger partial charge is 0.188 e. The molecule has 0 spiro atoms. The average Bonchev–Trinajstić information content (AvgIpc) is 3.32. The van der Waals surface area contributed by atoms with Crippen LogP contribution in [0.15, 0.2) is 34.9 Å². The van der Waals surface area contributed by atoms with E-state index in [1.807, 2.05) is 23.7 Å². The van der Waals surface area contributed by atoms with Crippen LogP contribution in [0, 0.1) is 5.41 Å². The van der Waals surface area contributed by atoms with Crippen molar-refractivity contribution in [2.75, 3.05) is 44.8 Å². The molecule has 0 aliphatic heterocycles. The zero-order valence-corrected chi connectivity index (χ0v) is 20.8. The van der Waals surface area contributed by atoms with E-state index in [2.05, 4.69) is 30.9 Å². The SMILES string of the molecule is COc1cccnc1CSCCNC(=N)NCCCNC(N)=NCCSCc1nccs1. The van der Waals surface area contributed by atoms with Gasteiger partial charge in [-0.05, 0) is 18.6 Å². The molecule has 6 N–H and O–H groups in total. The van der Waals surface area contributed by atoms with Crippen molar-refractivity contribution >= 4 is 46.8 Å². The van der Waals surface area contributed by atoms with Crippen LogP contribution in [-0.4, -0.2) is 66.7 Å². The first-order valence-electron chi connectivity index (χ1n) is 10.3. The third-order valence-corrected chi connectivity index (χ3v) is 6.93. The second-order valence-electron chi connectivity index (χ2n) is 6.46. The summed E-state index contributed by atoms with van der Waals surface area (Å²) in [5.74, 6) is 5.11. The fourth-order valence-electron chi connectivity index (χ4n) is 2.49. The van der Waals surface area contributed by atoms with Crippen molar-refractivity contribution in [3.8, 4) is 5.75 Å². The number of nitrogens with one attached hydrogen (secondary N) is 4. The minimum atomic E-state index is 0.333. The van der Waals surface area contributed by atoms with E-state index in [1.165, 1.54) is 0 Å². The quantitative estimate of drug-likeness (QED) is 0.143. The normalized spacial score (nSPS) is 11.2. The van der Waals surface area contributed by atoms with Gasteiger partial charge in [-0.15, -0.1) is 11.3 Å². The fourth-order valence-corrected chi connectivity index (χ4v) is 4.82. The molecule has 2 aromatic heterocycles. The third-order valence-electron chi connectivity index (χ3n) is 4.04. The Morgan fingerprint density at radius 2 is 1.94 bits per heavy atom. The molecule has 9 nitrogen and oxygen atoms in total. The summed E-state index contributed by atoms with van der Waals surface area (Å²) in [6, 6.07) is 3.78. The topological polar surface area (TPSA) is 133 Å². The maximum Gasteiger partial charge on any atom is 0.188 e. The van der Waals surface area contributed by atoms with Crippen molar-refractivity contribution in [1.82, 2.24) is 25.9 Å². The van der Waals surface area contributed by atoms with E-state index in [-0.39, 0.29) is 0 Å². The Morgan fingerprint density at radius 1 is 1.12 bits per heavy atom. The number of hydrogen-bond acceptors (Lipinski definition) is 8. The molecule has 0 aliphatic rings. The molecular formula is C20H32N8OS3. The molecule has 0 aromatic carbocycles. The maximum atomic E-state index is 7.92. The maximum absolute atomic E-state index is 7.92. The van der Waals surface area contributed by atoms with Gasteiger partial charge >= 0.3 is 0 Å². The molecule has 0 radical (unpaired) electrons. The van der Waals surface area contributed by atoms with Crippen LogP contribution in [0.1, 0.15) is 17.1 Å². The van der Waals surface area contributed by atoms with Crippen LogP contribution in [-0.2, 0) is 11.5 Å². The summed E-state index contributed by atoms with van der Waals surface area (Å²) in [5.41, 5.74) is 6.82. The second kappa shape index (κ2) is 16.5. The summed E-state index contributed by atoms with van der Waals surface area (Å²) < 4.78 is 5.30. The van der Waals surface area contributed by atoms with Gasteiger partial charge in [0.2, 0.25) is 0 Å². The Morgan fingerprint density at radius 3 is 2.75 bits per heavy atom. The van der Waals surface area contributed by atoms with Crippen LogP contribution in [0.4, 0.5) is 0 Å². The molecule has 0 aliphatic carbocycles. The van der Waals surface area contributed by atoms with Crippen molar-refractivity contribution in [3.63, 3.8) is 0 Å². The molecular weight excluding hydrogens is 464 g/mol. The Balaban J connectivity index is 1.41. The van der Waals surface area contributed by atoms with Gasteiger partial charge in [0.15, 0.2) is 11.9 Å². The molecule has 2 heterocycles. The van der Waals surface area contributed by atoms with Crippen molar-refractivity contribution < 1.29 is 4.74 Å². The summed E-state index contributed by atoms with van der Waals surface area (Å²) >= 11 is 5.23. The molecule has 0 fully saturated rings. The molecule has 0 bridgehead atoms. The van der Waals surface area contributed by atoms with Gasteiger partial charge in [0.25, 0.3) is 0 Å². The van der Waals surface area contributed by atoms with Gasteiger partial charge in [0.05, 0.1) is 19.3 Å². The summed E-state index contributed by atoms with van der Waals surface area (Å²) in [4.78, 5) is 12.9. The van der Waals surface area contributed by atoms with E-state index < -0.39 is 0 Å². The summed E-state index contributed by atoms with van der Waals surface area (Å²) in [6.07, 6.45) is 4.44.